The zero-order chi connectivity index (χ0) is 14.6. The van der Waals surface area contributed by atoms with E-state index in [1.165, 1.54) is 12.6 Å². The molecule has 5 nitrogen and oxygen atoms in total. The van der Waals surface area contributed by atoms with Crippen LogP contribution in [-0.4, -0.2) is 26.5 Å². The fourth-order valence-electron chi connectivity index (χ4n) is 2.58. The van der Waals surface area contributed by atoms with Crippen molar-refractivity contribution in [1.82, 2.24) is 9.71 Å². The summed E-state index contributed by atoms with van der Waals surface area (Å²) in [5, 5.41) is 3.13. The normalized spacial score (nSPS) is 17.5. The number of pyridine rings is 1. The third-order valence-corrected chi connectivity index (χ3v) is 5.55. The second-order valence-electron chi connectivity index (χ2n) is 5.42. The fraction of sp³-hybridized carbons (Fsp3) is 0.643. The van der Waals surface area contributed by atoms with Gasteiger partial charge in [0.2, 0.25) is 0 Å². The fourth-order valence-corrected chi connectivity index (χ4v) is 3.84. The second-order valence-corrected chi connectivity index (χ2v) is 7.10. The van der Waals surface area contributed by atoms with E-state index < -0.39 is 10.0 Å². The maximum absolute atomic E-state index is 12.4. The molecule has 0 saturated heterocycles. The number of hydrogen-bond donors (Lipinski definition) is 2. The van der Waals surface area contributed by atoms with Crippen LogP contribution in [0, 0.1) is 5.41 Å². The molecule has 1 aliphatic rings. The Balaban J connectivity index is 2.14. The van der Waals surface area contributed by atoms with Gasteiger partial charge in [0.25, 0.3) is 10.0 Å². The number of sulfonamides is 1. The van der Waals surface area contributed by atoms with Gasteiger partial charge in [-0.2, -0.15) is 0 Å². The smallest absolute Gasteiger partial charge is 0.260 e. The molecule has 1 fully saturated rings. The number of hydrogen-bond acceptors (Lipinski definition) is 4. The van der Waals surface area contributed by atoms with Crippen molar-refractivity contribution in [3.8, 4) is 0 Å². The van der Waals surface area contributed by atoms with Gasteiger partial charge in [0.15, 0.2) is 5.03 Å². The molecule has 1 aromatic rings. The Labute approximate surface area is 121 Å². The van der Waals surface area contributed by atoms with Gasteiger partial charge in [0.1, 0.15) is 0 Å². The minimum absolute atomic E-state index is 0.0902. The van der Waals surface area contributed by atoms with Crippen molar-refractivity contribution in [3.05, 3.63) is 18.3 Å². The number of anilines is 1. The molecule has 1 aliphatic carbocycles. The van der Waals surface area contributed by atoms with Crippen LogP contribution in [0.3, 0.4) is 0 Å². The van der Waals surface area contributed by atoms with Crippen LogP contribution in [0.4, 0.5) is 5.69 Å². The van der Waals surface area contributed by atoms with Crippen LogP contribution in [0.2, 0.25) is 0 Å². The van der Waals surface area contributed by atoms with Gasteiger partial charge < -0.3 is 5.32 Å². The third-order valence-electron chi connectivity index (χ3n) is 4.19. The van der Waals surface area contributed by atoms with Crippen LogP contribution in [0.25, 0.3) is 0 Å². The monoisotopic (exact) mass is 297 g/mol. The van der Waals surface area contributed by atoms with Crippen LogP contribution in [-0.2, 0) is 10.0 Å². The van der Waals surface area contributed by atoms with E-state index in [1.807, 2.05) is 6.92 Å². The quantitative estimate of drug-likeness (QED) is 0.810. The highest BCUT2D eigenvalue weighted by atomic mass is 32.2. The molecule has 112 valence electrons. The Bertz CT molecular complexity index is 548. The molecule has 0 atom stereocenters. The molecule has 6 heteroatoms. The van der Waals surface area contributed by atoms with Crippen LogP contribution in [0.15, 0.2) is 23.4 Å². The van der Waals surface area contributed by atoms with Crippen LogP contribution in [0.1, 0.15) is 39.5 Å². The Morgan fingerprint density at radius 2 is 2.10 bits per heavy atom. The largest absolute Gasteiger partial charge is 0.383 e. The molecule has 1 heterocycles. The van der Waals surface area contributed by atoms with E-state index in [2.05, 4.69) is 21.9 Å². The number of nitrogens with one attached hydrogen (secondary N) is 2. The minimum atomic E-state index is -3.56. The molecule has 20 heavy (non-hydrogen) atoms. The van der Waals surface area contributed by atoms with Gasteiger partial charge in [0, 0.05) is 19.3 Å². The summed E-state index contributed by atoms with van der Waals surface area (Å²) in [6, 6.07) is 3.47. The van der Waals surface area contributed by atoms with E-state index in [9.17, 15) is 8.42 Å². The van der Waals surface area contributed by atoms with Crippen LogP contribution >= 0.6 is 0 Å². The van der Waals surface area contributed by atoms with Gasteiger partial charge in [-0.3, -0.25) is 0 Å². The van der Waals surface area contributed by atoms with Crippen LogP contribution < -0.4 is 10.0 Å². The molecule has 0 spiro atoms. The Hall–Kier alpha value is -1.14. The Morgan fingerprint density at radius 1 is 1.35 bits per heavy atom. The standard InChI is InChI=1S/C14H23N3O2S/c1-3-14(8-6-9-14)11-17-20(18,19)13-12(15-4-2)7-5-10-16-13/h5,7,10,15,17H,3-4,6,8-9,11H2,1-2H3. The second kappa shape index (κ2) is 6.10. The summed E-state index contributed by atoms with van der Waals surface area (Å²) < 4.78 is 27.6. The van der Waals surface area contributed by atoms with E-state index >= 15 is 0 Å². The molecule has 2 N–H and O–H groups in total. The van der Waals surface area contributed by atoms with E-state index in [-0.39, 0.29) is 10.4 Å². The van der Waals surface area contributed by atoms with E-state index in [0.29, 0.717) is 18.8 Å². The van der Waals surface area contributed by atoms with Crippen molar-refractivity contribution >= 4 is 15.7 Å². The van der Waals surface area contributed by atoms with Gasteiger partial charge in [-0.15, -0.1) is 0 Å². The molecule has 2 rings (SSSR count). The molecular formula is C14H23N3O2S. The summed E-state index contributed by atoms with van der Waals surface area (Å²) in [5.74, 6) is 0. The first kappa shape index (κ1) is 15.3. The predicted molar refractivity (Wildman–Crippen MR) is 80.2 cm³/mol. The molecule has 0 amide bonds. The summed E-state index contributed by atoms with van der Waals surface area (Å²) in [6.45, 7) is 5.22. The highest BCUT2D eigenvalue weighted by Crippen LogP contribution is 2.43. The maximum Gasteiger partial charge on any atom is 0.260 e. The Kier molecular flexibility index (Phi) is 4.65. The van der Waals surface area contributed by atoms with Crippen molar-refractivity contribution in [2.45, 2.75) is 44.6 Å². The lowest BCUT2D eigenvalue weighted by molar-refractivity contribution is 0.133. The summed E-state index contributed by atoms with van der Waals surface area (Å²) in [4.78, 5) is 4.03. The molecule has 0 aliphatic heterocycles. The molecule has 1 saturated carbocycles. The zero-order valence-electron chi connectivity index (χ0n) is 12.1. The lowest BCUT2D eigenvalue weighted by Gasteiger charge is -2.41. The predicted octanol–water partition coefficient (Wildman–Crippen LogP) is 2.37. The first-order chi connectivity index (χ1) is 9.53. The SMILES string of the molecule is CCNc1cccnc1S(=O)(=O)NCC1(CC)CCC1. The summed E-state index contributed by atoms with van der Waals surface area (Å²) >= 11 is 0. The number of nitrogens with zero attached hydrogens (tertiary/aromatic N) is 1. The lowest BCUT2D eigenvalue weighted by atomic mass is 9.67. The van der Waals surface area contributed by atoms with Gasteiger partial charge >= 0.3 is 0 Å². The van der Waals surface area contributed by atoms with Crippen molar-refractivity contribution in [2.75, 3.05) is 18.4 Å². The first-order valence-corrected chi connectivity index (χ1v) is 8.70. The minimum Gasteiger partial charge on any atom is -0.383 e. The molecule has 0 radical (unpaired) electrons. The molecule has 1 aromatic heterocycles. The van der Waals surface area contributed by atoms with Gasteiger partial charge in [-0.05, 0) is 43.7 Å². The lowest BCUT2D eigenvalue weighted by Crippen LogP contribution is -2.41. The topological polar surface area (TPSA) is 71.1 Å². The highest BCUT2D eigenvalue weighted by molar-refractivity contribution is 7.89. The van der Waals surface area contributed by atoms with E-state index in [0.717, 1.165) is 19.3 Å². The third kappa shape index (κ3) is 3.12. The van der Waals surface area contributed by atoms with Gasteiger partial charge in [-0.25, -0.2) is 18.1 Å². The average molecular weight is 297 g/mol. The first-order valence-electron chi connectivity index (χ1n) is 7.21. The van der Waals surface area contributed by atoms with Gasteiger partial charge in [-0.1, -0.05) is 13.3 Å². The average Bonchev–Trinajstić information content (AvgIpc) is 2.39. The molecule has 0 unspecified atom stereocenters. The van der Waals surface area contributed by atoms with E-state index in [4.69, 9.17) is 0 Å². The number of aromatic nitrogens is 1. The zero-order valence-corrected chi connectivity index (χ0v) is 13.0. The summed E-state index contributed by atoms with van der Waals surface area (Å²) in [5.41, 5.74) is 0.710. The number of rotatable bonds is 7. The van der Waals surface area contributed by atoms with Crippen molar-refractivity contribution < 1.29 is 8.42 Å². The Morgan fingerprint density at radius 3 is 2.65 bits per heavy atom. The summed E-state index contributed by atoms with van der Waals surface area (Å²) in [6.07, 6.45) is 5.93. The highest BCUT2D eigenvalue weighted by Gasteiger charge is 2.36. The molecule has 0 bridgehead atoms. The van der Waals surface area contributed by atoms with Crippen molar-refractivity contribution in [1.29, 1.82) is 0 Å². The van der Waals surface area contributed by atoms with Crippen molar-refractivity contribution in [2.24, 2.45) is 5.41 Å². The van der Waals surface area contributed by atoms with Crippen LogP contribution in [0.5, 0.6) is 0 Å². The van der Waals surface area contributed by atoms with Gasteiger partial charge in [0.05, 0.1) is 5.69 Å². The van der Waals surface area contributed by atoms with Crippen molar-refractivity contribution in [3.63, 3.8) is 0 Å². The molecular weight excluding hydrogens is 274 g/mol. The maximum atomic E-state index is 12.4. The summed E-state index contributed by atoms with van der Waals surface area (Å²) in [7, 11) is -3.56. The molecule has 0 aromatic carbocycles. The van der Waals surface area contributed by atoms with E-state index in [1.54, 1.807) is 12.1 Å².